The van der Waals surface area contributed by atoms with Crippen molar-refractivity contribution in [1.29, 1.82) is 0 Å². The summed E-state index contributed by atoms with van der Waals surface area (Å²) in [6.07, 6.45) is 3.51. The van der Waals surface area contributed by atoms with E-state index in [2.05, 4.69) is 10.5 Å². The Morgan fingerprint density at radius 2 is 1.93 bits per heavy atom. The van der Waals surface area contributed by atoms with Crippen molar-refractivity contribution in [3.63, 3.8) is 0 Å². The van der Waals surface area contributed by atoms with Crippen molar-refractivity contribution >= 4 is 41.0 Å². The van der Waals surface area contributed by atoms with Crippen LogP contribution in [-0.4, -0.2) is 37.4 Å². The number of nitrogens with zero attached hydrogens (tertiary/aromatic N) is 3. The number of benzene rings is 2. The number of anilines is 1. The van der Waals surface area contributed by atoms with Crippen LogP contribution < -0.4 is 15.1 Å². The number of hydrogen-bond acceptors (Lipinski definition) is 4. The first-order chi connectivity index (χ1) is 13.9. The Morgan fingerprint density at radius 3 is 2.62 bits per heavy atom. The number of hydrogen-bond donors (Lipinski definition) is 1. The molecule has 0 spiro atoms. The summed E-state index contributed by atoms with van der Waals surface area (Å²) in [5.74, 6) is -0.0223. The number of carbonyl (C=O) groups is 1. The van der Waals surface area contributed by atoms with E-state index in [1.807, 2.05) is 66.2 Å². The van der Waals surface area contributed by atoms with Crippen molar-refractivity contribution in [3.8, 4) is 11.4 Å². The van der Waals surface area contributed by atoms with Gasteiger partial charge in [-0.25, -0.2) is 5.43 Å². The molecule has 0 fully saturated rings. The van der Waals surface area contributed by atoms with Gasteiger partial charge in [-0.15, -0.1) is 0 Å². The quantitative estimate of drug-likeness (QED) is 0.446. The van der Waals surface area contributed by atoms with Crippen molar-refractivity contribution in [3.05, 3.63) is 76.5 Å². The lowest BCUT2D eigenvalue weighted by atomic mass is 10.2. The molecule has 0 atom stereocenters. The molecule has 1 aromatic heterocycles. The van der Waals surface area contributed by atoms with Crippen LogP contribution in [0, 0.1) is 0 Å². The lowest BCUT2D eigenvalue weighted by molar-refractivity contribution is -0.123. The first kappa shape index (κ1) is 20.8. The largest absolute Gasteiger partial charge is 0.482 e. The number of aromatic nitrogens is 1. The van der Waals surface area contributed by atoms with Gasteiger partial charge in [0.1, 0.15) is 5.75 Å². The molecule has 0 aliphatic carbocycles. The van der Waals surface area contributed by atoms with Crippen molar-refractivity contribution in [2.75, 3.05) is 25.6 Å². The molecule has 0 unspecified atom stereocenters. The highest BCUT2D eigenvalue weighted by atomic mass is 35.5. The summed E-state index contributed by atoms with van der Waals surface area (Å²) < 4.78 is 7.35. The van der Waals surface area contributed by atoms with E-state index in [9.17, 15) is 4.79 Å². The van der Waals surface area contributed by atoms with Crippen molar-refractivity contribution in [1.82, 2.24) is 9.99 Å². The molecule has 150 valence electrons. The molecule has 3 rings (SSSR count). The summed E-state index contributed by atoms with van der Waals surface area (Å²) in [6.45, 7) is -0.217. The molecule has 8 heteroatoms. The monoisotopic (exact) mass is 430 g/mol. The number of amides is 1. The Labute approximate surface area is 179 Å². The minimum absolute atomic E-state index is 0.217. The van der Waals surface area contributed by atoms with E-state index < -0.39 is 5.91 Å². The zero-order valence-corrected chi connectivity index (χ0v) is 17.5. The average Bonchev–Trinajstić information content (AvgIpc) is 3.16. The standard InChI is InChI=1S/C21H20Cl2N4O2/c1-26(2)16-6-8-17(9-7-16)27-11-3-4-18(27)13-24-25-21(28)14-29-20-10-5-15(22)12-19(20)23/h3-13H,14H2,1-2H3,(H,25,28)/b24-13+. The van der Waals surface area contributed by atoms with Gasteiger partial charge in [0, 0.05) is 36.7 Å². The predicted molar refractivity (Wildman–Crippen MR) is 118 cm³/mol. The molecule has 1 N–H and O–H groups in total. The van der Waals surface area contributed by atoms with Crippen LogP contribution in [0.1, 0.15) is 5.69 Å². The highest BCUT2D eigenvalue weighted by Gasteiger charge is 2.06. The van der Waals surface area contributed by atoms with Gasteiger partial charge in [0.2, 0.25) is 0 Å². The Morgan fingerprint density at radius 1 is 1.17 bits per heavy atom. The Kier molecular flexibility index (Phi) is 6.80. The van der Waals surface area contributed by atoms with Crippen LogP contribution in [0.3, 0.4) is 0 Å². The highest BCUT2D eigenvalue weighted by molar-refractivity contribution is 6.35. The van der Waals surface area contributed by atoms with Crippen LogP contribution in [0.2, 0.25) is 10.0 Å². The number of carbonyl (C=O) groups excluding carboxylic acids is 1. The molecule has 3 aromatic rings. The first-order valence-electron chi connectivity index (χ1n) is 8.79. The Hall–Kier alpha value is -2.96. The van der Waals surface area contributed by atoms with E-state index in [1.165, 1.54) is 0 Å². The maximum atomic E-state index is 11.9. The fourth-order valence-corrected chi connectivity index (χ4v) is 3.05. The van der Waals surface area contributed by atoms with Crippen molar-refractivity contribution in [2.24, 2.45) is 5.10 Å². The predicted octanol–water partition coefficient (Wildman–Crippen LogP) is 4.38. The van der Waals surface area contributed by atoms with Gasteiger partial charge < -0.3 is 14.2 Å². The van der Waals surface area contributed by atoms with Gasteiger partial charge in [0.25, 0.3) is 5.91 Å². The second-order valence-electron chi connectivity index (χ2n) is 6.37. The molecule has 1 heterocycles. The van der Waals surface area contributed by atoms with E-state index in [4.69, 9.17) is 27.9 Å². The van der Waals surface area contributed by atoms with Crippen LogP contribution in [0.25, 0.3) is 5.69 Å². The fourth-order valence-electron chi connectivity index (χ4n) is 2.58. The minimum atomic E-state index is -0.402. The third-order valence-corrected chi connectivity index (χ3v) is 4.59. The number of rotatable bonds is 7. The third-order valence-electron chi connectivity index (χ3n) is 4.06. The summed E-state index contributed by atoms with van der Waals surface area (Å²) in [5, 5.41) is 4.84. The molecule has 0 saturated heterocycles. The molecule has 29 heavy (non-hydrogen) atoms. The summed E-state index contributed by atoms with van der Waals surface area (Å²) in [6, 6.07) is 16.7. The van der Waals surface area contributed by atoms with Crippen LogP contribution >= 0.6 is 23.2 Å². The van der Waals surface area contributed by atoms with Gasteiger partial charge in [-0.3, -0.25) is 4.79 Å². The molecule has 1 amide bonds. The van der Waals surface area contributed by atoms with Gasteiger partial charge in [0.05, 0.1) is 16.9 Å². The Balaban J connectivity index is 1.58. The second kappa shape index (κ2) is 9.49. The van der Waals surface area contributed by atoms with Gasteiger partial charge in [-0.1, -0.05) is 23.2 Å². The first-order valence-corrected chi connectivity index (χ1v) is 9.54. The maximum Gasteiger partial charge on any atom is 0.277 e. The van der Waals surface area contributed by atoms with Crippen molar-refractivity contribution in [2.45, 2.75) is 0 Å². The van der Waals surface area contributed by atoms with Gasteiger partial charge in [-0.2, -0.15) is 5.10 Å². The smallest absolute Gasteiger partial charge is 0.277 e. The normalized spacial score (nSPS) is 10.9. The topological polar surface area (TPSA) is 58.9 Å². The van der Waals surface area contributed by atoms with Crippen LogP contribution in [0.5, 0.6) is 5.75 Å². The molecule has 0 radical (unpaired) electrons. The van der Waals surface area contributed by atoms with Gasteiger partial charge >= 0.3 is 0 Å². The van der Waals surface area contributed by atoms with Crippen molar-refractivity contribution < 1.29 is 9.53 Å². The SMILES string of the molecule is CN(C)c1ccc(-n2cccc2/C=N/NC(=O)COc2ccc(Cl)cc2Cl)cc1. The van der Waals surface area contributed by atoms with E-state index in [0.717, 1.165) is 17.1 Å². The number of nitrogens with one attached hydrogen (secondary N) is 1. The number of ether oxygens (including phenoxy) is 1. The summed E-state index contributed by atoms with van der Waals surface area (Å²) in [7, 11) is 3.99. The minimum Gasteiger partial charge on any atom is -0.482 e. The zero-order valence-electron chi connectivity index (χ0n) is 16.0. The summed E-state index contributed by atoms with van der Waals surface area (Å²) >= 11 is 11.8. The lowest BCUT2D eigenvalue weighted by Gasteiger charge is -2.13. The summed E-state index contributed by atoms with van der Waals surface area (Å²) in [5.41, 5.74) is 5.37. The Bertz CT molecular complexity index is 1010. The molecule has 6 nitrogen and oxygen atoms in total. The molecular formula is C21H20Cl2N4O2. The molecule has 0 saturated carbocycles. The van der Waals surface area contributed by atoms with E-state index in [0.29, 0.717) is 15.8 Å². The van der Waals surface area contributed by atoms with Crippen LogP contribution in [0.15, 0.2) is 65.9 Å². The zero-order chi connectivity index (χ0) is 20.8. The number of halogens is 2. The van der Waals surface area contributed by atoms with E-state index in [1.54, 1.807) is 24.4 Å². The van der Waals surface area contributed by atoms with Gasteiger partial charge in [0.15, 0.2) is 6.61 Å². The second-order valence-corrected chi connectivity index (χ2v) is 7.21. The lowest BCUT2D eigenvalue weighted by Crippen LogP contribution is -2.24. The third kappa shape index (κ3) is 5.53. The molecule has 2 aromatic carbocycles. The van der Waals surface area contributed by atoms with Crippen LogP contribution in [0.4, 0.5) is 5.69 Å². The van der Waals surface area contributed by atoms with E-state index >= 15 is 0 Å². The average molecular weight is 431 g/mol. The number of hydrazone groups is 1. The summed E-state index contributed by atoms with van der Waals surface area (Å²) in [4.78, 5) is 14.0. The van der Waals surface area contributed by atoms with Crippen LogP contribution in [-0.2, 0) is 4.79 Å². The fraction of sp³-hybridized carbons (Fsp3) is 0.143. The highest BCUT2D eigenvalue weighted by Crippen LogP contribution is 2.27. The molecule has 0 bridgehead atoms. The molecule has 0 aliphatic heterocycles. The maximum absolute atomic E-state index is 11.9. The molecule has 0 aliphatic rings. The van der Waals surface area contributed by atoms with Gasteiger partial charge in [-0.05, 0) is 54.6 Å². The molecular weight excluding hydrogens is 411 g/mol. The van der Waals surface area contributed by atoms with E-state index in [-0.39, 0.29) is 6.61 Å².